The minimum atomic E-state index is -3.63. The Kier molecular flexibility index (Phi) is 6.80. The normalized spacial score (nSPS) is 12.0. The smallest absolute Gasteiger partial charge is 0.250 e. The second-order valence-electron chi connectivity index (χ2n) is 6.73. The van der Waals surface area contributed by atoms with Crippen molar-refractivity contribution in [2.45, 2.75) is 30.4 Å². The Bertz CT molecular complexity index is 808. The van der Waals surface area contributed by atoms with Gasteiger partial charge in [-0.2, -0.15) is 0 Å². The molecule has 6 nitrogen and oxygen atoms in total. The zero-order valence-corrected chi connectivity index (χ0v) is 16.7. The highest BCUT2D eigenvalue weighted by molar-refractivity contribution is 7.91. The van der Waals surface area contributed by atoms with Crippen molar-refractivity contribution in [1.29, 1.82) is 0 Å². The number of ether oxygens (including phenoxy) is 1. The fourth-order valence-electron chi connectivity index (χ4n) is 2.12. The molecule has 0 radical (unpaired) electrons. The molecule has 0 atom stereocenters. The molecule has 1 aromatic carbocycles. The summed E-state index contributed by atoms with van der Waals surface area (Å²) in [5.41, 5.74) is 1.30. The van der Waals surface area contributed by atoms with Crippen molar-refractivity contribution in [1.82, 2.24) is 10.0 Å². The summed E-state index contributed by atoms with van der Waals surface area (Å²) in [7, 11) is -3.63. The van der Waals surface area contributed by atoms with Crippen molar-refractivity contribution in [3.63, 3.8) is 0 Å². The molecule has 0 bridgehead atoms. The third-order valence-corrected chi connectivity index (χ3v) is 6.39. The molecule has 0 spiro atoms. The van der Waals surface area contributed by atoms with Crippen LogP contribution in [0.5, 0.6) is 5.75 Å². The van der Waals surface area contributed by atoms with E-state index in [1.165, 1.54) is 11.6 Å². The van der Waals surface area contributed by atoms with Crippen LogP contribution in [0.3, 0.4) is 0 Å². The number of thiophene rings is 1. The molecular weight excluding hydrogens is 372 g/mol. The van der Waals surface area contributed by atoms with Crippen LogP contribution in [0.15, 0.2) is 46.0 Å². The van der Waals surface area contributed by atoms with Gasteiger partial charge in [0, 0.05) is 0 Å². The SMILES string of the molecule is CC(C)(C)c1ccc(OCCNC(=O)CNS(=O)(=O)c2cccs2)cc1. The molecule has 0 aliphatic rings. The molecule has 0 aliphatic carbocycles. The first kappa shape index (κ1) is 20.4. The van der Waals surface area contributed by atoms with Crippen molar-refractivity contribution in [3.05, 3.63) is 47.3 Å². The van der Waals surface area contributed by atoms with E-state index in [2.05, 4.69) is 30.8 Å². The summed E-state index contributed by atoms with van der Waals surface area (Å²) in [6, 6.07) is 11.0. The molecule has 0 aliphatic heterocycles. The maximum atomic E-state index is 11.9. The Morgan fingerprint density at radius 2 is 1.85 bits per heavy atom. The van der Waals surface area contributed by atoms with E-state index in [0.29, 0.717) is 13.2 Å². The van der Waals surface area contributed by atoms with Crippen LogP contribution in [0.1, 0.15) is 26.3 Å². The minimum absolute atomic E-state index is 0.0863. The molecule has 1 amide bonds. The van der Waals surface area contributed by atoms with Gasteiger partial charge in [0.05, 0.1) is 13.1 Å². The lowest BCUT2D eigenvalue weighted by Gasteiger charge is -2.19. The Morgan fingerprint density at radius 3 is 2.42 bits per heavy atom. The average Bonchev–Trinajstić information content (AvgIpc) is 3.12. The molecule has 0 unspecified atom stereocenters. The fraction of sp³-hybridized carbons (Fsp3) is 0.389. The van der Waals surface area contributed by atoms with Gasteiger partial charge in [0.15, 0.2) is 0 Å². The van der Waals surface area contributed by atoms with E-state index in [-0.39, 0.29) is 16.2 Å². The van der Waals surface area contributed by atoms with Gasteiger partial charge >= 0.3 is 0 Å². The molecule has 0 fully saturated rings. The number of hydrogen-bond acceptors (Lipinski definition) is 5. The molecule has 2 aromatic rings. The van der Waals surface area contributed by atoms with Crippen molar-refractivity contribution < 1.29 is 17.9 Å². The topological polar surface area (TPSA) is 84.5 Å². The van der Waals surface area contributed by atoms with Crippen molar-refractivity contribution >= 4 is 27.3 Å². The maximum Gasteiger partial charge on any atom is 0.250 e. The number of amides is 1. The summed E-state index contributed by atoms with van der Waals surface area (Å²) in [6.45, 7) is 6.72. The summed E-state index contributed by atoms with van der Waals surface area (Å²) in [4.78, 5) is 11.7. The van der Waals surface area contributed by atoms with E-state index in [0.717, 1.165) is 17.1 Å². The number of sulfonamides is 1. The monoisotopic (exact) mass is 396 g/mol. The van der Waals surface area contributed by atoms with Gasteiger partial charge in [0.2, 0.25) is 5.91 Å². The Morgan fingerprint density at radius 1 is 1.15 bits per heavy atom. The molecule has 1 aromatic heterocycles. The third-order valence-electron chi connectivity index (χ3n) is 3.60. The summed E-state index contributed by atoms with van der Waals surface area (Å²) >= 11 is 1.10. The molecule has 2 rings (SSSR count). The van der Waals surface area contributed by atoms with Crippen LogP contribution >= 0.6 is 11.3 Å². The molecule has 142 valence electrons. The first-order valence-electron chi connectivity index (χ1n) is 8.22. The minimum Gasteiger partial charge on any atom is -0.492 e. The summed E-state index contributed by atoms with van der Waals surface area (Å²) in [5.74, 6) is 0.322. The van der Waals surface area contributed by atoms with Gasteiger partial charge in [-0.05, 0) is 34.6 Å². The van der Waals surface area contributed by atoms with Gasteiger partial charge in [-0.25, -0.2) is 13.1 Å². The zero-order chi connectivity index (χ0) is 19.2. The van der Waals surface area contributed by atoms with Crippen LogP contribution < -0.4 is 14.8 Å². The molecule has 0 saturated carbocycles. The molecule has 0 saturated heterocycles. The Balaban J connectivity index is 1.69. The number of rotatable bonds is 8. The van der Waals surface area contributed by atoms with Crippen LogP contribution in [0, 0.1) is 0 Å². The van der Waals surface area contributed by atoms with Crippen LogP contribution in [-0.2, 0) is 20.2 Å². The second kappa shape index (κ2) is 8.66. The highest BCUT2D eigenvalue weighted by Crippen LogP contribution is 2.24. The predicted molar refractivity (Wildman–Crippen MR) is 103 cm³/mol. The van der Waals surface area contributed by atoms with Gasteiger partial charge in [0.1, 0.15) is 16.6 Å². The highest BCUT2D eigenvalue weighted by atomic mass is 32.2. The van der Waals surface area contributed by atoms with E-state index < -0.39 is 15.9 Å². The van der Waals surface area contributed by atoms with E-state index in [4.69, 9.17) is 4.74 Å². The van der Waals surface area contributed by atoms with E-state index in [1.807, 2.05) is 24.3 Å². The largest absolute Gasteiger partial charge is 0.492 e. The van der Waals surface area contributed by atoms with Gasteiger partial charge < -0.3 is 10.1 Å². The lowest BCUT2D eigenvalue weighted by molar-refractivity contribution is -0.120. The molecule has 2 N–H and O–H groups in total. The first-order valence-corrected chi connectivity index (χ1v) is 10.6. The maximum absolute atomic E-state index is 11.9. The fourth-order valence-corrected chi connectivity index (χ4v) is 4.14. The Labute approximate surface area is 158 Å². The van der Waals surface area contributed by atoms with Crippen molar-refractivity contribution in [3.8, 4) is 5.75 Å². The van der Waals surface area contributed by atoms with Crippen LogP contribution in [0.2, 0.25) is 0 Å². The van der Waals surface area contributed by atoms with Crippen molar-refractivity contribution in [2.75, 3.05) is 19.7 Å². The van der Waals surface area contributed by atoms with Gasteiger partial charge in [-0.15, -0.1) is 11.3 Å². The molecule has 26 heavy (non-hydrogen) atoms. The quantitative estimate of drug-likeness (QED) is 0.672. The zero-order valence-electron chi connectivity index (χ0n) is 15.1. The van der Waals surface area contributed by atoms with Crippen LogP contribution in [0.4, 0.5) is 0 Å². The van der Waals surface area contributed by atoms with Crippen LogP contribution in [-0.4, -0.2) is 34.0 Å². The van der Waals surface area contributed by atoms with E-state index in [9.17, 15) is 13.2 Å². The number of hydrogen-bond donors (Lipinski definition) is 2. The second-order valence-corrected chi connectivity index (χ2v) is 9.67. The lowest BCUT2D eigenvalue weighted by atomic mass is 9.87. The highest BCUT2D eigenvalue weighted by Gasteiger charge is 2.16. The number of benzene rings is 1. The van der Waals surface area contributed by atoms with E-state index in [1.54, 1.807) is 11.4 Å². The molecular formula is C18H24N2O4S2. The predicted octanol–water partition coefficient (Wildman–Crippen LogP) is 2.52. The van der Waals surface area contributed by atoms with Crippen LogP contribution in [0.25, 0.3) is 0 Å². The first-order chi connectivity index (χ1) is 12.2. The summed E-state index contributed by atoms with van der Waals surface area (Å²) in [5, 5.41) is 4.29. The van der Waals surface area contributed by atoms with Gasteiger partial charge in [-0.3, -0.25) is 4.79 Å². The molecule has 1 heterocycles. The van der Waals surface area contributed by atoms with E-state index >= 15 is 0 Å². The molecule has 8 heteroatoms. The average molecular weight is 397 g/mol. The van der Waals surface area contributed by atoms with Gasteiger partial charge in [-0.1, -0.05) is 39.0 Å². The number of carbonyl (C=O) groups is 1. The Hall–Kier alpha value is -1.90. The van der Waals surface area contributed by atoms with Crippen molar-refractivity contribution in [2.24, 2.45) is 0 Å². The summed E-state index contributed by atoms with van der Waals surface area (Å²) < 4.78 is 31.8. The summed E-state index contributed by atoms with van der Waals surface area (Å²) in [6.07, 6.45) is 0. The lowest BCUT2D eigenvalue weighted by Crippen LogP contribution is -2.38. The standard InChI is InChI=1S/C18H24N2O4S2/c1-18(2,3)14-6-8-15(9-7-14)24-11-10-19-16(21)13-20-26(22,23)17-5-4-12-25-17/h4-9,12,20H,10-11,13H2,1-3H3,(H,19,21). The third kappa shape index (κ3) is 6.12. The number of carbonyl (C=O) groups excluding carboxylic acids is 1. The van der Waals surface area contributed by atoms with Gasteiger partial charge in [0.25, 0.3) is 10.0 Å². The number of nitrogens with one attached hydrogen (secondary N) is 2.